The highest BCUT2D eigenvalue weighted by Crippen LogP contribution is 2.46. The topological polar surface area (TPSA) is 66.9 Å². The highest BCUT2D eigenvalue weighted by molar-refractivity contribution is 5.78. The van der Waals surface area contributed by atoms with E-state index in [1.54, 1.807) is 13.3 Å². The highest BCUT2D eigenvalue weighted by atomic mass is 16.5. The molecule has 4 bridgehead atoms. The predicted octanol–water partition coefficient (Wildman–Crippen LogP) is 3.41. The van der Waals surface area contributed by atoms with E-state index in [-0.39, 0.29) is 5.91 Å². The van der Waals surface area contributed by atoms with Crippen molar-refractivity contribution in [3.8, 4) is 11.5 Å². The van der Waals surface area contributed by atoms with E-state index in [2.05, 4.69) is 38.3 Å². The quantitative estimate of drug-likeness (QED) is 0.751. The largest absolute Gasteiger partial charge is 0.493 e. The van der Waals surface area contributed by atoms with E-state index in [1.807, 2.05) is 18.3 Å². The average molecular weight is 465 g/mol. The minimum atomic E-state index is 0.118. The minimum absolute atomic E-state index is 0.118. The Bertz CT molecular complexity index is 970. The van der Waals surface area contributed by atoms with Crippen molar-refractivity contribution in [3.63, 3.8) is 0 Å². The van der Waals surface area contributed by atoms with Crippen molar-refractivity contribution in [1.29, 1.82) is 0 Å². The van der Waals surface area contributed by atoms with Crippen LogP contribution >= 0.6 is 0 Å². The van der Waals surface area contributed by atoms with Gasteiger partial charge in [0.15, 0.2) is 11.5 Å². The fourth-order valence-electron chi connectivity index (χ4n) is 5.94. The second kappa shape index (κ2) is 10.7. The molecule has 1 amide bonds. The van der Waals surface area contributed by atoms with Crippen LogP contribution in [0.15, 0.2) is 42.7 Å². The van der Waals surface area contributed by atoms with Gasteiger partial charge in [-0.2, -0.15) is 0 Å². The molecule has 34 heavy (non-hydrogen) atoms. The van der Waals surface area contributed by atoms with E-state index in [4.69, 9.17) is 9.47 Å². The molecule has 7 heteroatoms. The third-order valence-corrected chi connectivity index (χ3v) is 7.57. The minimum Gasteiger partial charge on any atom is -0.493 e. The highest BCUT2D eigenvalue weighted by Gasteiger charge is 2.44. The first-order chi connectivity index (χ1) is 16.7. The van der Waals surface area contributed by atoms with Crippen LogP contribution in [-0.4, -0.2) is 66.6 Å². The molecule has 1 aromatic heterocycles. The number of pyridine rings is 1. The summed E-state index contributed by atoms with van der Waals surface area (Å²) in [4.78, 5) is 22.0. The van der Waals surface area contributed by atoms with Crippen LogP contribution in [0.5, 0.6) is 11.5 Å². The normalized spacial score (nSPS) is 26.5. The number of benzene rings is 1. The predicted molar refractivity (Wildman–Crippen MR) is 131 cm³/mol. The van der Waals surface area contributed by atoms with Crippen LogP contribution in [0, 0.1) is 5.92 Å². The van der Waals surface area contributed by atoms with E-state index in [9.17, 15) is 4.79 Å². The van der Waals surface area contributed by atoms with Crippen molar-refractivity contribution in [1.82, 2.24) is 20.1 Å². The van der Waals surface area contributed by atoms with E-state index in [0.717, 1.165) is 62.5 Å². The zero-order valence-electron chi connectivity index (χ0n) is 20.1. The Kier molecular flexibility index (Phi) is 7.30. The fraction of sp³-hybridized carbons (Fsp3) is 0.556. The van der Waals surface area contributed by atoms with Gasteiger partial charge in [-0.3, -0.25) is 19.6 Å². The Morgan fingerprint density at radius 1 is 1.21 bits per heavy atom. The molecule has 0 spiro atoms. The SMILES string of the molecule is COc1ccc2cc1OCCCCN(Cc1cccnc1)CC(=O)NC[C@H]1C[C@H]2N2CCC[C@@H]12. The molecule has 0 unspecified atom stereocenters. The van der Waals surface area contributed by atoms with Crippen LogP contribution in [0.4, 0.5) is 0 Å². The van der Waals surface area contributed by atoms with Crippen molar-refractivity contribution < 1.29 is 14.3 Å². The molecule has 1 N–H and O–H groups in total. The molecule has 182 valence electrons. The molecule has 3 aliphatic rings. The molecular weight excluding hydrogens is 428 g/mol. The number of hydrogen-bond acceptors (Lipinski definition) is 6. The molecule has 4 heterocycles. The molecule has 5 rings (SSSR count). The van der Waals surface area contributed by atoms with Crippen molar-refractivity contribution in [2.24, 2.45) is 5.92 Å². The summed E-state index contributed by atoms with van der Waals surface area (Å²) in [6.07, 6.45) is 9.04. The summed E-state index contributed by atoms with van der Waals surface area (Å²) in [6, 6.07) is 11.3. The molecule has 2 aromatic rings. The Morgan fingerprint density at radius 2 is 2.15 bits per heavy atom. The van der Waals surface area contributed by atoms with Gasteiger partial charge in [-0.15, -0.1) is 0 Å². The molecule has 0 radical (unpaired) electrons. The van der Waals surface area contributed by atoms with Gasteiger partial charge in [0, 0.05) is 37.6 Å². The molecule has 2 fully saturated rings. The number of ether oxygens (including phenoxy) is 2. The number of amides is 1. The van der Waals surface area contributed by atoms with E-state index in [1.165, 1.54) is 18.4 Å². The standard InChI is InChI=1S/C27H36N4O3/c1-33-25-9-8-21-15-26(25)34-13-3-2-11-30(18-20-6-4-10-28-16-20)19-27(32)29-17-22-14-24(21)31-12-5-7-23(22)31/h4,6,8-10,15-16,22-24H,2-3,5,7,11-14,17-19H2,1H3,(H,29,32)/t22-,23+,24-/m1/s1. The first-order valence-corrected chi connectivity index (χ1v) is 12.7. The first kappa shape index (κ1) is 23.1. The van der Waals surface area contributed by atoms with Gasteiger partial charge in [-0.1, -0.05) is 12.1 Å². The van der Waals surface area contributed by atoms with Crippen LogP contribution in [0.1, 0.15) is 49.3 Å². The summed E-state index contributed by atoms with van der Waals surface area (Å²) < 4.78 is 11.8. The summed E-state index contributed by atoms with van der Waals surface area (Å²) in [5, 5.41) is 3.28. The Morgan fingerprint density at radius 3 is 3.00 bits per heavy atom. The number of nitrogens with one attached hydrogen (secondary N) is 1. The Balaban J connectivity index is 1.36. The third-order valence-electron chi connectivity index (χ3n) is 7.57. The van der Waals surface area contributed by atoms with Crippen molar-refractivity contribution in [2.45, 2.75) is 50.7 Å². The number of carbonyl (C=O) groups is 1. The molecule has 2 saturated heterocycles. The lowest BCUT2D eigenvalue weighted by Crippen LogP contribution is -2.41. The molecule has 3 atom stereocenters. The lowest BCUT2D eigenvalue weighted by molar-refractivity contribution is -0.122. The van der Waals surface area contributed by atoms with Crippen LogP contribution < -0.4 is 14.8 Å². The van der Waals surface area contributed by atoms with Gasteiger partial charge >= 0.3 is 0 Å². The number of fused-ring (bicyclic) bond motifs is 8. The van der Waals surface area contributed by atoms with E-state index < -0.39 is 0 Å². The summed E-state index contributed by atoms with van der Waals surface area (Å²) in [6.45, 7) is 4.47. The number of aromatic nitrogens is 1. The van der Waals surface area contributed by atoms with Crippen LogP contribution in [0.2, 0.25) is 0 Å². The number of hydrogen-bond donors (Lipinski definition) is 1. The molecule has 0 saturated carbocycles. The second-order valence-corrected chi connectivity index (χ2v) is 9.80. The van der Waals surface area contributed by atoms with Gasteiger partial charge < -0.3 is 14.8 Å². The van der Waals surface area contributed by atoms with Crippen LogP contribution in [-0.2, 0) is 11.3 Å². The monoisotopic (exact) mass is 464 g/mol. The zero-order valence-corrected chi connectivity index (χ0v) is 20.1. The molecular formula is C27H36N4O3. The van der Waals surface area contributed by atoms with E-state index >= 15 is 0 Å². The Hall–Kier alpha value is -2.64. The number of methoxy groups -OCH3 is 1. The number of carbonyl (C=O) groups excluding carboxylic acids is 1. The van der Waals surface area contributed by atoms with Gasteiger partial charge in [-0.05, 0) is 80.4 Å². The van der Waals surface area contributed by atoms with E-state index in [0.29, 0.717) is 31.2 Å². The van der Waals surface area contributed by atoms with Gasteiger partial charge in [0.25, 0.3) is 0 Å². The maximum atomic E-state index is 12.9. The van der Waals surface area contributed by atoms with Crippen LogP contribution in [0.25, 0.3) is 0 Å². The number of rotatable bonds is 3. The smallest absolute Gasteiger partial charge is 0.234 e. The van der Waals surface area contributed by atoms with Crippen molar-refractivity contribution >= 4 is 5.91 Å². The lowest BCUT2D eigenvalue weighted by Gasteiger charge is -2.25. The molecule has 0 aliphatic carbocycles. The van der Waals surface area contributed by atoms with Gasteiger partial charge in [-0.25, -0.2) is 0 Å². The van der Waals surface area contributed by atoms with Crippen molar-refractivity contribution in [2.75, 3.05) is 39.9 Å². The zero-order chi connectivity index (χ0) is 23.3. The summed E-state index contributed by atoms with van der Waals surface area (Å²) >= 11 is 0. The Labute approximate surface area is 202 Å². The maximum Gasteiger partial charge on any atom is 0.234 e. The third kappa shape index (κ3) is 5.20. The fourth-order valence-corrected chi connectivity index (χ4v) is 5.94. The van der Waals surface area contributed by atoms with Gasteiger partial charge in [0.2, 0.25) is 5.91 Å². The first-order valence-electron chi connectivity index (χ1n) is 12.7. The summed E-state index contributed by atoms with van der Waals surface area (Å²) in [7, 11) is 1.70. The maximum absolute atomic E-state index is 12.9. The summed E-state index contributed by atoms with van der Waals surface area (Å²) in [5.74, 6) is 2.23. The van der Waals surface area contributed by atoms with Crippen molar-refractivity contribution in [3.05, 3.63) is 53.9 Å². The van der Waals surface area contributed by atoms with Crippen LogP contribution in [0.3, 0.4) is 0 Å². The molecule has 3 aliphatic heterocycles. The second-order valence-electron chi connectivity index (χ2n) is 9.80. The number of nitrogens with zero attached hydrogens (tertiary/aromatic N) is 3. The lowest BCUT2D eigenvalue weighted by atomic mass is 9.94. The van der Waals surface area contributed by atoms with Gasteiger partial charge in [0.1, 0.15) is 0 Å². The average Bonchev–Trinajstić information content (AvgIpc) is 3.46. The summed E-state index contributed by atoms with van der Waals surface area (Å²) in [5.41, 5.74) is 2.43. The molecule has 7 nitrogen and oxygen atoms in total. The molecule has 1 aromatic carbocycles. The van der Waals surface area contributed by atoms with Gasteiger partial charge in [0.05, 0.1) is 20.3 Å².